The van der Waals surface area contributed by atoms with E-state index in [4.69, 9.17) is 4.74 Å². The third kappa shape index (κ3) is 3.91. The summed E-state index contributed by atoms with van der Waals surface area (Å²) in [7, 11) is 0. The number of halogens is 3. The first kappa shape index (κ1) is 19.5. The average Bonchev–Trinajstić information content (AvgIpc) is 3.04. The lowest BCUT2D eigenvalue weighted by Crippen LogP contribution is -2.14. The molecule has 0 unspecified atom stereocenters. The van der Waals surface area contributed by atoms with E-state index in [2.05, 4.69) is 0 Å². The minimum absolute atomic E-state index is 0.0641. The van der Waals surface area contributed by atoms with E-state index in [1.165, 1.54) is 0 Å². The lowest BCUT2D eigenvalue weighted by molar-refractivity contribution is -0.147. The van der Waals surface area contributed by atoms with Crippen molar-refractivity contribution in [2.24, 2.45) is 17.3 Å². The topological polar surface area (TPSA) is 26.3 Å². The maximum Gasteiger partial charge on any atom is 0.310 e. The lowest BCUT2D eigenvalue weighted by Gasteiger charge is -2.13. The van der Waals surface area contributed by atoms with Crippen molar-refractivity contribution in [2.75, 3.05) is 0 Å². The minimum atomic E-state index is -1.27. The molecule has 138 valence electrons. The van der Waals surface area contributed by atoms with Crippen molar-refractivity contribution in [3.05, 3.63) is 46.3 Å². The number of rotatable bonds is 6. The molecule has 1 aliphatic carbocycles. The minimum Gasteiger partial charge on any atom is -0.460 e. The fourth-order valence-corrected chi connectivity index (χ4v) is 3.38. The van der Waals surface area contributed by atoms with Crippen molar-refractivity contribution in [3.63, 3.8) is 0 Å². The Balaban J connectivity index is 2.17. The Bertz CT molecular complexity index is 703. The van der Waals surface area contributed by atoms with Gasteiger partial charge in [0.15, 0.2) is 11.6 Å². The molecule has 0 radical (unpaired) electrons. The number of hydrogen-bond donors (Lipinski definition) is 0. The first-order chi connectivity index (χ1) is 11.6. The molecule has 0 N–H and O–H groups in total. The molecule has 1 aromatic carbocycles. The summed E-state index contributed by atoms with van der Waals surface area (Å²) in [5.41, 5.74) is 0.749. The SMILES string of the molecule is CCCc1c(F)cc(F)c(F)c1COC(=O)[C@@H]1[C@@H](C=C(C)C)C1(C)C. The van der Waals surface area contributed by atoms with Crippen LogP contribution in [0.25, 0.3) is 0 Å². The Morgan fingerprint density at radius 3 is 2.40 bits per heavy atom. The van der Waals surface area contributed by atoms with E-state index in [0.29, 0.717) is 12.5 Å². The van der Waals surface area contributed by atoms with Crippen LogP contribution in [0.4, 0.5) is 13.2 Å². The van der Waals surface area contributed by atoms with Crippen molar-refractivity contribution in [1.29, 1.82) is 0 Å². The van der Waals surface area contributed by atoms with E-state index in [1.807, 2.05) is 40.7 Å². The molecule has 1 aliphatic rings. The summed E-state index contributed by atoms with van der Waals surface area (Å²) in [6, 6.07) is 0.542. The quantitative estimate of drug-likeness (QED) is 0.392. The van der Waals surface area contributed by atoms with Crippen molar-refractivity contribution in [2.45, 2.75) is 54.1 Å². The summed E-state index contributed by atoms with van der Waals surface area (Å²) >= 11 is 0. The largest absolute Gasteiger partial charge is 0.460 e. The second-order valence-corrected chi connectivity index (χ2v) is 7.54. The molecule has 0 spiro atoms. The number of hydrogen-bond acceptors (Lipinski definition) is 2. The van der Waals surface area contributed by atoms with E-state index >= 15 is 0 Å². The predicted octanol–water partition coefficient (Wildman–Crippen LogP) is 5.34. The lowest BCUT2D eigenvalue weighted by atomic mass is 10.0. The van der Waals surface area contributed by atoms with Crippen LogP contribution in [0.2, 0.25) is 0 Å². The Labute approximate surface area is 147 Å². The molecular weight excluding hydrogens is 329 g/mol. The van der Waals surface area contributed by atoms with Gasteiger partial charge in [-0.1, -0.05) is 38.8 Å². The third-order valence-corrected chi connectivity index (χ3v) is 4.92. The van der Waals surface area contributed by atoms with Gasteiger partial charge >= 0.3 is 5.97 Å². The van der Waals surface area contributed by atoms with Gasteiger partial charge in [0.05, 0.1) is 5.92 Å². The smallest absolute Gasteiger partial charge is 0.310 e. The van der Waals surface area contributed by atoms with Gasteiger partial charge in [-0.05, 0) is 37.2 Å². The van der Waals surface area contributed by atoms with Crippen LogP contribution < -0.4 is 0 Å². The predicted molar refractivity (Wildman–Crippen MR) is 90.3 cm³/mol. The number of allylic oxidation sites excluding steroid dienone is 2. The molecule has 1 aromatic rings. The van der Waals surface area contributed by atoms with Gasteiger partial charge in [0.25, 0.3) is 0 Å². The summed E-state index contributed by atoms with van der Waals surface area (Å²) < 4.78 is 46.8. The molecule has 25 heavy (non-hydrogen) atoms. The molecule has 2 nitrogen and oxygen atoms in total. The zero-order valence-corrected chi connectivity index (χ0v) is 15.4. The van der Waals surface area contributed by atoms with E-state index in [-0.39, 0.29) is 34.8 Å². The second-order valence-electron chi connectivity index (χ2n) is 7.54. The van der Waals surface area contributed by atoms with Crippen LogP contribution in [0.1, 0.15) is 52.2 Å². The van der Waals surface area contributed by atoms with Gasteiger partial charge in [0.2, 0.25) is 0 Å². The molecule has 0 heterocycles. The standard InChI is InChI=1S/C20H25F3O2/c1-6-7-12-13(18(23)16(22)9-15(12)21)10-25-19(24)17-14(8-11(2)3)20(17,4)5/h8-9,14,17H,6-7,10H2,1-5H3/t14-,17+/m1/s1. The summed E-state index contributed by atoms with van der Waals surface area (Å²) in [5, 5.41) is 0. The maximum absolute atomic E-state index is 14.1. The van der Waals surface area contributed by atoms with Gasteiger partial charge in [0, 0.05) is 11.6 Å². The first-order valence-corrected chi connectivity index (χ1v) is 8.58. The van der Waals surface area contributed by atoms with Gasteiger partial charge in [0.1, 0.15) is 12.4 Å². The summed E-state index contributed by atoms with van der Waals surface area (Å²) in [4.78, 5) is 12.4. The molecule has 0 bridgehead atoms. The van der Waals surface area contributed by atoms with Gasteiger partial charge in [-0.2, -0.15) is 0 Å². The molecule has 2 rings (SSSR count). The Morgan fingerprint density at radius 2 is 1.84 bits per heavy atom. The highest BCUT2D eigenvalue weighted by molar-refractivity contribution is 5.78. The molecule has 1 saturated carbocycles. The van der Waals surface area contributed by atoms with E-state index < -0.39 is 30.0 Å². The normalized spacial score (nSPS) is 21.0. The third-order valence-electron chi connectivity index (χ3n) is 4.92. The second kappa shape index (κ2) is 7.22. The molecule has 1 fully saturated rings. The molecule has 0 saturated heterocycles. The average molecular weight is 354 g/mol. The number of carbonyl (C=O) groups excluding carboxylic acids is 1. The molecular formula is C20H25F3O2. The molecule has 5 heteroatoms. The Morgan fingerprint density at radius 1 is 1.20 bits per heavy atom. The zero-order chi connectivity index (χ0) is 18.9. The molecule has 2 atom stereocenters. The van der Waals surface area contributed by atoms with Crippen molar-refractivity contribution in [3.8, 4) is 0 Å². The van der Waals surface area contributed by atoms with Crippen LogP contribution in [0.5, 0.6) is 0 Å². The Kier molecular flexibility index (Phi) is 5.65. The summed E-state index contributed by atoms with van der Waals surface area (Å²) in [5.74, 6) is -3.93. The van der Waals surface area contributed by atoms with Crippen LogP contribution in [-0.2, 0) is 22.6 Å². The van der Waals surface area contributed by atoms with Crippen LogP contribution in [0.3, 0.4) is 0 Å². The number of esters is 1. The van der Waals surface area contributed by atoms with E-state index in [1.54, 1.807) is 0 Å². The summed E-state index contributed by atoms with van der Waals surface area (Å²) in [6.07, 6.45) is 2.85. The van der Waals surface area contributed by atoms with Gasteiger partial charge in [-0.15, -0.1) is 0 Å². The van der Waals surface area contributed by atoms with Gasteiger partial charge in [-0.3, -0.25) is 4.79 Å². The van der Waals surface area contributed by atoms with Gasteiger partial charge in [-0.25, -0.2) is 13.2 Å². The van der Waals surface area contributed by atoms with Crippen LogP contribution >= 0.6 is 0 Å². The first-order valence-electron chi connectivity index (χ1n) is 8.58. The van der Waals surface area contributed by atoms with Crippen LogP contribution in [0.15, 0.2) is 17.7 Å². The molecule has 0 aromatic heterocycles. The number of carbonyl (C=O) groups is 1. The molecule has 0 aliphatic heterocycles. The van der Waals surface area contributed by atoms with Crippen LogP contribution in [0, 0.1) is 34.7 Å². The fraction of sp³-hybridized carbons (Fsp3) is 0.550. The van der Waals surface area contributed by atoms with Crippen molar-refractivity contribution in [1.82, 2.24) is 0 Å². The van der Waals surface area contributed by atoms with Crippen molar-refractivity contribution >= 4 is 5.97 Å². The maximum atomic E-state index is 14.1. The fourth-order valence-electron chi connectivity index (χ4n) is 3.38. The molecule has 0 amide bonds. The van der Waals surface area contributed by atoms with Crippen LogP contribution in [-0.4, -0.2) is 5.97 Å². The summed E-state index contributed by atoms with van der Waals surface area (Å²) in [6.45, 7) is 9.20. The zero-order valence-electron chi connectivity index (χ0n) is 15.4. The van der Waals surface area contributed by atoms with E-state index in [0.717, 1.165) is 5.57 Å². The van der Waals surface area contributed by atoms with Crippen molar-refractivity contribution < 1.29 is 22.7 Å². The van der Waals surface area contributed by atoms with E-state index in [9.17, 15) is 18.0 Å². The number of benzene rings is 1. The Hall–Kier alpha value is -1.78. The number of ether oxygens (including phenoxy) is 1. The monoisotopic (exact) mass is 354 g/mol. The highest BCUT2D eigenvalue weighted by Gasteiger charge is 2.61. The highest BCUT2D eigenvalue weighted by atomic mass is 19.2. The highest BCUT2D eigenvalue weighted by Crippen LogP contribution is 2.59. The van der Waals surface area contributed by atoms with Gasteiger partial charge < -0.3 is 4.74 Å².